The summed E-state index contributed by atoms with van der Waals surface area (Å²) in [7, 11) is 0. The zero-order chi connectivity index (χ0) is 14.7. The van der Waals surface area contributed by atoms with E-state index in [1.807, 2.05) is 19.9 Å². The summed E-state index contributed by atoms with van der Waals surface area (Å²) in [6.45, 7) is 3.91. The molecule has 106 valence electrons. The molecule has 20 heavy (non-hydrogen) atoms. The standard InChI is InChI=1S/C15H16F2N2O/c1-3-11-8-12(4-2)19(18-11)9-15(20)13-6-5-10(16)7-14(13)17/h5-8H,3-4,9H2,1-2H3. The van der Waals surface area contributed by atoms with Gasteiger partial charge in [-0.1, -0.05) is 13.8 Å². The van der Waals surface area contributed by atoms with E-state index in [1.165, 1.54) is 6.07 Å². The highest BCUT2D eigenvalue weighted by molar-refractivity contribution is 5.96. The Hall–Kier alpha value is -2.04. The van der Waals surface area contributed by atoms with E-state index in [-0.39, 0.29) is 12.1 Å². The van der Waals surface area contributed by atoms with E-state index in [0.717, 1.165) is 30.3 Å². The first kappa shape index (κ1) is 14.4. The fraction of sp³-hybridized carbons (Fsp3) is 0.333. The minimum Gasteiger partial charge on any atom is -0.292 e. The van der Waals surface area contributed by atoms with E-state index in [0.29, 0.717) is 6.07 Å². The molecule has 0 saturated carbocycles. The largest absolute Gasteiger partial charge is 0.292 e. The SMILES string of the molecule is CCc1cc(CC)n(CC(=O)c2ccc(F)cc2F)n1. The maximum atomic E-state index is 13.6. The number of aryl methyl sites for hydroxylation is 2. The molecule has 0 bridgehead atoms. The molecule has 0 unspecified atom stereocenters. The van der Waals surface area contributed by atoms with Gasteiger partial charge in [-0.05, 0) is 31.0 Å². The van der Waals surface area contributed by atoms with Gasteiger partial charge in [0.05, 0.1) is 11.3 Å². The lowest BCUT2D eigenvalue weighted by atomic mass is 10.1. The van der Waals surface area contributed by atoms with Crippen LogP contribution in [0.3, 0.4) is 0 Å². The predicted molar refractivity (Wildman–Crippen MR) is 71.7 cm³/mol. The molecule has 0 radical (unpaired) electrons. The highest BCUT2D eigenvalue weighted by Gasteiger charge is 2.15. The number of halogens is 2. The molecule has 1 aromatic carbocycles. The number of hydrogen-bond acceptors (Lipinski definition) is 2. The number of ketones is 1. The first-order valence-corrected chi connectivity index (χ1v) is 6.59. The Morgan fingerprint density at radius 2 is 1.95 bits per heavy atom. The van der Waals surface area contributed by atoms with Gasteiger partial charge in [-0.25, -0.2) is 8.78 Å². The predicted octanol–water partition coefficient (Wildman–Crippen LogP) is 3.17. The minimum atomic E-state index is -0.837. The van der Waals surface area contributed by atoms with E-state index in [9.17, 15) is 13.6 Å². The van der Waals surface area contributed by atoms with Crippen LogP contribution in [0.4, 0.5) is 8.78 Å². The third-order valence-corrected chi connectivity index (χ3v) is 3.16. The summed E-state index contributed by atoms with van der Waals surface area (Å²) in [6.07, 6.45) is 1.52. The molecular formula is C15H16F2N2O. The number of carbonyl (C=O) groups is 1. The van der Waals surface area contributed by atoms with Gasteiger partial charge in [0.1, 0.15) is 18.2 Å². The molecule has 0 amide bonds. The molecule has 2 rings (SSSR count). The lowest BCUT2D eigenvalue weighted by Gasteiger charge is -2.06. The fourth-order valence-electron chi connectivity index (χ4n) is 2.05. The molecule has 5 heteroatoms. The van der Waals surface area contributed by atoms with Crippen LogP contribution < -0.4 is 0 Å². The van der Waals surface area contributed by atoms with Crippen LogP contribution in [0.15, 0.2) is 24.3 Å². The topological polar surface area (TPSA) is 34.9 Å². The Bertz CT molecular complexity index is 635. The average molecular weight is 278 g/mol. The van der Waals surface area contributed by atoms with E-state index in [1.54, 1.807) is 4.68 Å². The van der Waals surface area contributed by atoms with Gasteiger partial charge in [0.25, 0.3) is 0 Å². The van der Waals surface area contributed by atoms with Crippen LogP contribution in [-0.2, 0) is 19.4 Å². The summed E-state index contributed by atoms with van der Waals surface area (Å²) in [5.41, 5.74) is 1.72. The maximum absolute atomic E-state index is 13.6. The third-order valence-electron chi connectivity index (χ3n) is 3.16. The summed E-state index contributed by atoms with van der Waals surface area (Å²) < 4.78 is 28.0. The molecular weight excluding hydrogens is 262 g/mol. The van der Waals surface area contributed by atoms with E-state index in [2.05, 4.69) is 5.10 Å². The van der Waals surface area contributed by atoms with Gasteiger partial charge in [-0.3, -0.25) is 9.48 Å². The Balaban J connectivity index is 2.25. The van der Waals surface area contributed by atoms with Gasteiger partial charge >= 0.3 is 0 Å². The van der Waals surface area contributed by atoms with Gasteiger partial charge in [0, 0.05) is 11.8 Å². The van der Waals surface area contributed by atoms with E-state index < -0.39 is 17.4 Å². The zero-order valence-corrected chi connectivity index (χ0v) is 11.5. The monoisotopic (exact) mass is 278 g/mol. The van der Waals surface area contributed by atoms with Crippen LogP contribution >= 0.6 is 0 Å². The first-order chi connectivity index (χ1) is 9.55. The molecule has 0 aliphatic rings. The molecule has 0 aliphatic carbocycles. The number of benzene rings is 1. The zero-order valence-electron chi connectivity index (χ0n) is 11.5. The number of carbonyl (C=O) groups excluding carboxylic acids is 1. The Kier molecular flexibility index (Phi) is 4.27. The Morgan fingerprint density at radius 3 is 2.55 bits per heavy atom. The Labute approximate surface area is 116 Å². The van der Waals surface area contributed by atoms with Crippen molar-refractivity contribution in [3.05, 3.63) is 52.9 Å². The molecule has 0 spiro atoms. The summed E-state index contributed by atoms with van der Waals surface area (Å²) in [5.74, 6) is -1.94. The maximum Gasteiger partial charge on any atom is 0.187 e. The number of Topliss-reactive ketones (excluding diaryl/α,β-unsaturated/α-hetero) is 1. The number of aromatic nitrogens is 2. The van der Waals surface area contributed by atoms with Gasteiger partial charge in [-0.2, -0.15) is 5.10 Å². The summed E-state index contributed by atoms with van der Waals surface area (Å²) in [6, 6.07) is 4.91. The molecule has 0 saturated heterocycles. The summed E-state index contributed by atoms with van der Waals surface area (Å²) in [4.78, 5) is 12.1. The highest BCUT2D eigenvalue weighted by atomic mass is 19.1. The van der Waals surface area contributed by atoms with Crippen molar-refractivity contribution in [3.8, 4) is 0 Å². The summed E-state index contributed by atoms with van der Waals surface area (Å²) in [5, 5.41) is 4.31. The third kappa shape index (κ3) is 2.92. The number of rotatable bonds is 5. The first-order valence-electron chi connectivity index (χ1n) is 6.59. The quantitative estimate of drug-likeness (QED) is 0.787. The van der Waals surface area contributed by atoms with Crippen LogP contribution in [0.5, 0.6) is 0 Å². The van der Waals surface area contributed by atoms with Crippen molar-refractivity contribution in [2.75, 3.05) is 0 Å². The molecule has 3 nitrogen and oxygen atoms in total. The van der Waals surface area contributed by atoms with Crippen LogP contribution in [0, 0.1) is 11.6 Å². The normalized spacial score (nSPS) is 10.8. The van der Waals surface area contributed by atoms with Crippen LogP contribution in [0.25, 0.3) is 0 Å². The molecule has 1 heterocycles. The molecule has 0 aliphatic heterocycles. The van der Waals surface area contributed by atoms with E-state index >= 15 is 0 Å². The van der Waals surface area contributed by atoms with Crippen molar-refractivity contribution < 1.29 is 13.6 Å². The second kappa shape index (κ2) is 5.94. The van der Waals surface area contributed by atoms with Gasteiger partial charge in [0.2, 0.25) is 0 Å². The van der Waals surface area contributed by atoms with Crippen molar-refractivity contribution >= 4 is 5.78 Å². The lowest BCUT2D eigenvalue weighted by molar-refractivity contribution is 0.0962. The second-order valence-electron chi connectivity index (χ2n) is 4.54. The second-order valence-corrected chi connectivity index (χ2v) is 4.54. The lowest BCUT2D eigenvalue weighted by Crippen LogP contribution is -2.15. The van der Waals surface area contributed by atoms with Crippen molar-refractivity contribution in [2.24, 2.45) is 0 Å². The minimum absolute atomic E-state index is 0.0360. The molecule has 1 aromatic heterocycles. The molecule has 0 N–H and O–H groups in total. The van der Waals surface area contributed by atoms with E-state index in [4.69, 9.17) is 0 Å². The van der Waals surface area contributed by atoms with Gasteiger partial charge in [0.15, 0.2) is 5.78 Å². The van der Waals surface area contributed by atoms with Crippen molar-refractivity contribution in [1.82, 2.24) is 9.78 Å². The van der Waals surface area contributed by atoms with Crippen LogP contribution in [0.2, 0.25) is 0 Å². The van der Waals surface area contributed by atoms with Crippen molar-refractivity contribution in [3.63, 3.8) is 0 Å². The smallest absolute Gasteiger partial charge is 0.187 e. The van der Waals surface area contributed by atoms with Crippen LogP contribution in [0.1, 0.15) is 35.6 Å². The number of hydrogen-bond donors (Lipinski definition) is 0. The highest BCUT2D eigenvalue weighted by Crippen LogP contribution is 2.13. The van der Waals surface area contributed by atoms with Gasteiger partial charge < -0.3 is 0 Å². The van der Waals surface area contributed by atoms with Crippen LogP contribution in [-0.4, -0.2) is 15.6 Å². The summed E-state index contributed by atoms with van der Waals surface area (Å²) >= 11 is 0. The van der Waals surface area contributed by atoms with Crippen molar-refractivity contribution in [2.45, 2.75) is 33.2 Å². The fourth-order valence-corrected chi connectivity index (χ4v) is 2.05. The van der Waals surface area contributed by atoms with Gasteiger partial charge in [-0.15, -0.1) is 0 Å². The van der Waals surface area contributed by atoms with Crippen molar-refractivity contribution in [1.29, 1.82) is 0 Å². The average Bonchev–Trinajstić information content (AvgIpc) is 2.80. The Morgan fingerprint density at radius 1 is 1.20 bits per heavy atom. The molecule has 0 atom stereocenters. The molecule has 0 fully saturated rings. The molecule has 2 aromatic rings. The number of nitrogens with zero attached hydrogens (tertiary/aromatic N) is 2.